The summed E-state index contributed by atoms with van der Waals surface area (Å²) < 4.78 is 64.7. The number of hydrogen-bond donors (Lipinski definition) is 1. The molecule has 0 aliphatic rings. The summed E-state index contributed by atoms with van der Waals surface area (Å²) in [6.45, 7) is 5.19. The molecule has 0 aliphatic carbocycles. The fourth-order valence-corrected chi connectivity index (χ4v) is 2.26. The number of rotatable bonds is 7. The van der Waals surface area contributed by atoms with Crippen molar-refractivity contribution < 1.29 is 26.3 Å². The van der Waals surface area contributed by atoms with Gasteiger partial charge in [0.05, 0.1) is 11.5 Å². The summed E-state index contributed by atoms with van der Waals surface area (Å²) in [4.78, 5) is -0.788. The normalized spacial score (nSPS) is 12.7. The molecule has 0 atom stereocenters. The molecular formula is C13H18F3NO3S. The molecule has 0 aliphatic heterocycles. The van der Waals surface area contributed by atoms with Gasteiger partial charge in [0.2, 0.25) is 0 Å². The Bertz CT molecular complexity index is 539. The molecule has 8 heteroatoms. The van der Waals surface area contributed by atoms with E-state index in [1.807, 2.05) is 13.8 Å². The van der Waals surface area contributed by atoms with E-state index in [1.165, 1.54) is 12.1 Å². The Balaban J connectivity index is 2.56. The minimum Gasteiger partial charge on any atom is -0.494 e. The van der Waals surface area contributed by atoms with Crippen LogP contribution in [-0.4, -0.2) is 33.1 Å². The molecule has 21 heavy (non-hydrogen) atoms. The molecular weight excluding hydrogens is 307 g/mol. The van der Waals surface area contributed by atoms with Gasteiger partial charge in [-0.25, -0.2) is 8.42 Å². The average molecular weight is 325 g/mol. The molecule has 0 unspecified atom stereocenters. The first-order valence-corrected chi connectivity index (χ1v) is 7.90. The zero-order valence-electron chi connectivity index (χ0n) is 11.8. The fraction of sp³-hybridized carbons (Fsp3) is 0.538. The summed E-state index contributed by atoms with van der Waals surface area (Å²) in [6.07, 6.45) is 0.737. The molecule has 0 bridgehead atoms. The van der Waals surface area contributed by atoms with Crippen LogP contribution in [0.25, 0.3) is 0 Å². The van der Waals surface area contributed by atoms with Crippen LogP contribution in [0, 0.1) is 0 Å². The van der Waals surface area contributed by atoms with Gasteiger partial charge in [0.15, 0.2) is 0 Å². The van der Waals surface area contributed by atoms with E-state index >= 15 is 0 Å². The van der Waals surface area contributed by atoms with Gasteiger partial charge in [-0.3, -0.25) is 0 Å². The maximum atomic E-state index is 12.3. The first-order chi connectivity index (χ1) is 9.64. The van der Waals surface area contributed by atoms with Crippen molar-refractivity contribution in [2.75, 3.05) is 13.2 Å². The van der Waals surface area contributed by atoms with E-state index < -0.39 is 20.2 Å². The SMILES string of the molecule is CC(C)NCCCOc1ccc(S(=O)(=O)C(F)(F)F)cc1. The van der Waals surface area contributed by atoms with Gasteiger partial charge in [-0.2, -0.15) is 13.2 Å². The largest absolute Gasteiger partial charge is 0.501 e. The number of halogens is 3. The molecule has 1 aromatic rings. The number of hydrogen-bond acceptors (Lipinski definition) is 4. The predicted octanol–water partition coefficient (Wildman–Crippen LogP) is 2.75. The van der Waals surface area contributed by atoms with E-state index in [9.17, 15) is 21.6 Å². The van der Waals surface area contributed by atoms with Gasteiger partial charge in [-0.15, -0.1) is 0 Å². The van der Waals surface area contributed by atoms with Crippen LogP contribution in [-0.2, 0) is 9.84 Å². The number of benzene rings is 1. The zero-order valence-corrected chi connectivity index (χ0v) is 12.6. The molecule has 0 saturated heterocycles. The van der Waals surface area contributed by atoms with Gasteiger partial charge in [-0.1, -0.05) is 13.8 Å². The standard InChI is InChI=1S/C13H18F3NO3S/c1-10(2)17-8-3-9-20-11-4-6-12(7-5-11)21(18,19)13(14,15)16/h4-7,10,17H,3,8-9H2,1-2H3. The van der Waals surface area contributed by atoms with Crippen LogP contribution in [0.4, 0.5) is 13.2 Å². The van der Waals surface area contributed by atoms with Crippen molar-refractivity contribution in [3.05, 3.63) is 24.3 Å². The molecule has 0 heterocycles. The van der Waals surface area contributed by atoms with Crippen molar-refractivity contribution in [3.63, 3.8) is 0 Å². The summed E-state index contributed by atoms with van der Waals surface area (Å²) in [5, 5.41) is 3.19. The maximum absolute atomic E-state index is 12.3. The quantitative estimate of drug-likeness (QED) is 0.783. The van der Waals surface area contributed by atoms with Gasteiger partial charge in [0.1, 0.15) is 5.75 Å². The van der Waals surface area contributed by atoms with E-state index in [1.54, 1.807) is 0 Å². The Morgan fingerprint density at radius 3 is 2.24 bits per heavy atom. The van der Waals surface area contributed by atoms with E-state index in [0.29, 0.717) is 18.4 Å². The fourth-order valence-electron chi connectivity index (χ4n) is 1.50. The molecule has 0 fully saturated rings. The lowest BCUT2D eigenvalue weighted by Gasteiger charge is -2.10. The van der Waals surface area contributed by atoms with Gasteiger partial charge in [0.25, 0.3) is 9.84 Å². The lowest BCUT2D eigenvalue weighted by Crippen LogP contribution is -2.24. The minimum absolute atomic E-state index is 0.334. The summed E-state index contributed by atoms with van der Waals surface area (Å²) in [7, 11) is -5.30. The number of alkyl halides is 3. The van der Waals surface area contributed by atoms with Crippen LogP contribution >= 0.6 is 0 Å². The molecule has 1 aromatic carbocycles. The third-order valence-electron chi connectivity index (χ3n) is 2.58. The van der Waals surface area contributed by atoms with Gasteiger partial charge < -0.3 is 10.1 Å². The zero-order chi connectivity index (χ0) is 16.1. The van der Waals surface area contributed by atoms with E-state index in [2.05, 4.69) is 5.32 Å². The molecule has 0 spiro atoms. The van der Waals surface area contributed by atoms with Gasteiger partial charge in [0, 0.05) is 6.04 Å². The van der Waals surface area contributed by atoms with Gasteiger partial charge in [-0.05, 0) is 37.2 Å². The molecule has 0 saturated carbocycles. The monoisotopic (exact) mass is 325 g/mol. The molecule has 1 rings (SSSR count). The first-order valence-electron chi connectivity index (χ1n) is 6.42. The second-order valence-electron chi connectivity index (χ2n) is 4.73. The lowest BCUT2D eigenvalue weighted by molar-refractivity contribution is -0.0436. The molecule has 120 valence electrons. The van der Waals surface area contributed by atoms with Gasteiger partial charge >= 0.3 is 5.51 Å². The maximum Gasteiger partial charge on any atom is 0.501 e. The van der Waals surface area contributed by atoms with Crippen molar-refractivity contribution in [2.24, 2.45) is 0 Å². The van der Waals surface area contributed by atoms with Crippen molar-refractivity contribution >= 4 is 9.84 Å². The summed E-state index contributed by atoms with van der Waals surface area (Å²) in [5.41, 5.74) is -5.29. The van der Waals surface area contributed by atoms with Crippen LogP contribution in [0.3, 0.4) is 0 Å². The summed E-state index contributed by atoms with van der Waals surface area (Å²) >= 11 is 0. The smallest absolute Gasteiger partial charge is 0.494 e. The second-order valence-corrected chi connectivity index (χ2v) is 6.67. The highest BCUT2D eigenvalue weighted by molar-refractivity contribution is 7.92. The van der Waals surface area contributed by atoms with Crippen molar-refractivity contribution in [1.29, 1.82) is 0 Å². The average Bonchev–Trinajstić information content (AvgIpc) is 2.37. The number of sulfone groups is 1. The van der Waals surface area contributed by atoms with E-state index in [0.717, 1.165) is 25.1 Å². The molecule has 0 aromatic heterocycles. The Morgan fingerprint density at radius 2 is 1.76 bits per heavy atom. The van der Waals surface area contributed by atoms with Crippen LogP contribution in [0.1, 0.15) is 20.3 Å². The number of ether oxygens (including phenoxy) is 1. The predicted molar refractivity (Wildman–Crippen MR) is 72.9 cm³/mol. The first kappa shape index (κ1) is 17.8. The Kier molecular flexibility index (Phi) is 6.03. The highest BCUT2D eigenvalue weighted by Crippen LogP contribution is 2.30. The van der Waals surface area contributed by atoms with Crippen LogP contribution in [0.2, 0.25) is 0 Å². The topological polar surface area (TPSA) is 55.4 Å². The second kappa shape index (κ2) is 7.13. The van der Waals surface area contributed by atoms with Crippen LogP contribution < -0.4 is 10.1 Å². The highest BCUT2D eigenvalue weighted by Gasteiger charge is 2.46. The summed E-state index contributed by atoms with van der Waals surface area (Å²) in [6, 6.07) is 4.59. The lowest BCUT2D eigenvalue weighted by atomic mass is 10.3. The molecule has 0 radical (unpaired) electrons. The van der Waals surface area contributed by atoms with Crippen molar-refractivity contribution in [3.8, 4) is 5.75 Å². The minimum atomic E-state index is -5.30. The Labute approximate surface area is 122 Å². The Morgan fingerprint density at radius 1 is 1.19 bits per heavy atom. The third kappa shape index (κ3) is 5.20. The van der Waals surface area contributed by atoms with Crippen molar-refractivity contribution in [1.82, 2.24) is 5.32 Å². The van der Waals surface area contributed by atoms with E-state index in [4.69, 9.17) is 4.74 Å². The van der Waals surface area contributed by atoms with Crippen LogP contribution in [0.5, 0.6) is 5.75 Å². The Hall–Kier alpha value is -1.28. The third-order valence-corrected chi connectivity index (χ3v) is 4.08. The van der Waals surface area contributed by atoms with Crippen molar-refractivity contribution in [2.45, 2.75) is 36.7 Å². The molecule has 4 nitrogen and oxygen atoms in total. The summed E-state index contributed by atoms with van der Waals surface area (Å²) in [5.74, 6) is 0.334. The molecule has 1 N–H and O–H groups in total. The van der Waals surface area contributed by atoms with E-state index in [-0.39, 0.29) is 0 Å². The number of nitrogens with one attached hydrogen (secondary N) is 1. The molecule has 0 amide bonds. The van der Waals surface area contributed by atoms with Crippen LogP contribution in [0.15, 0.2) is 29.2 Å². The highest BCUT2D eigenvalue weighted by atomic mass is 32.2.